The summed E-state index contributed by atoms with van der Waals surface area (Å²) in [6.45, 7) is 0. The Hall–Kier alpha value is -1.63. The summed E-state index contributed by atoms with van der Waals surface area (Å²) in [4.78, 5) is 13.5. The summed E-state index contributed by atoms with van der Waals surface area (Å²) in [5.74, 6) is -0.207. The third kappa shape index (κ3) is 2.39. The number of hydrogen-bond donors (Lipinski definition) is 0. The second kappa shape index (κ2) is 5.29. The largest absolute Gasteiger partial charge is 0.291 e. The van der Waals surface area contributed by atoms with Crippen LogP contribution >= 0.6 is 11.8 Å². The molecule has 6 heteroatoms. The fourth-order valence-corrected chi connectivity index (χ4v) is 5.33. The van der Waals surface area contributed by atoms with E-state index < -0.39 is 15.4 Å². The van der Waals surface area contributed by atoms with Crippen molar-refractivity contribution in [3.8, 4) is 0 Å². The standard InChI is InChI=1S/C15H13NO3S2/c1-16-15(14(17)11-7-3-2-4-8-11)20-12-9-5-6-10-13(12)21(16,18)19/h2-10,15H,1H3. The van der Waals surface area contributed by atoms with Gasteiger partial charge in [0.05, 0.1) is 4.90 Å². The van der Waals surface area contributed by atoms with Crippen LogP contribution in [0.5, 0.6) is 0 Å². The van der Waals surface area contributed by atoms with E-state index in [0.717, 1.165) is 4.31 Å². The van der Waals surface area contributed by atoms with Crippen molar-refractivity contribution in [2.45, 2.75) is 15.2 Å². The molecule has 2 aromatic carbocycles. The summed E-state index contributed by atoms with van der Waals surface area (Å²) in [7, 11) is -2.18. The van der Waals surface area contributed by atoms with Crippen molar-refractivity contribution >= 4 is 27.6 Å². The van der Waals surface area contributed by atoms with Gasteiger partial charge in [0.2, 0.25) is 10.0 Å². The first kappa shape index (κ1) is 14.3. The van der Waals surface area contributed by atoms with E-state index >= 15 is 0 Å². The molecule has 0 amide bonds. The van der Waals surface area contributed by atoms with Gasteiger partial charge in [-0.3, -0.25) is 4.79 Å². The topological polar surface area (TPSA) is 54.5 Å². The predicted molar refractivity (Wildman–Crippen MR) is 81.8 cm³/mol. The minimum absolute atomic E-state index is 0.207. The third-order valence-corrected chi connectivity index (χ3v) is 6.86. The first-order chi connectivity index (χ1) is 10.0. The fourth-order valence-electron chi connectivity index (χ4n) is 2.20. The van der Waals surface area contributed by atoms with Crippen LogP contribution in [0.3, 0.4) is 0 Å². The highest BCUT2D eigenvalue weighted by Crippen LogP contribution is 2.40. The Morgan fingerprint density at radius 2 is 1.67 bits per heavy atom. The van der Waals surface area contributed by atoms with Crippen LogP contribution in [0, 0.1) is 0 Å². The minimum Gasteiger partial charge on any atom is -0.291 e. The zero-order valence-electron chi connectivity index (χ0n) is 11.3. The number of thioether (sulfide) groups is 1. The molecule has 0 radical (unpaired) electrons. The molecule has 0 saturated heterocycles. The highest BCUT2D eigenvalue weighted by molar-refractivity contribution is 8.03. The summed E-state index contributed by atoms with van der Waals surface area (Å²) in [5, 5.41) is -0.771. The summed E-state index contributed by atoms with van der Waals surface area (Å²) >= 11 is 1.27. The summed E-state index contributed by atoms with van der Waals surface area (Å²) in [5.41, 5.74) is 0.511. The molecule has 0 fully saturated rings. The van der Waals surface area contributed by atoms with Crippen LogP contribution in [0.4, 0.5) is 0 Å². The van der Waals surface area contributed by atoms with Crippen molar-refractivity contribution in [2.75, 3.05) is 7.05 Å². The van der Waals surface area contributed by atoms with Crippen molar-refractivity contribution in [1.29, 1.82) is 0 Å². The monoisotopic (exact) mass is 319 g/mol. The Balaban J connectivity index is 2.05. The summed E-state index contributed by atoms with van der Waals surface area (Å²) < 4.78 is 26.2. The average Bonchev–Trinajstić information content (AvgIpc) is 2.51. The zero-order valence-corrected chi connectivity index (χ0v) is 12.9. The normalized spacial score (nSPS) is 20.7. The number of sulfonamides is 1. The molecule has 1 aliphatic heterocycles. The number of Topliss-reactive ketones (excluding diaryl/α,β-unsaturated/α-hetero) is 1. The maximum absolute atomic E-state index is 12.6. The number of likely N-dealkylation sites (N-methyl/N-ethyl adjacent to an activating group) is 1. The molecule has 0 saturated carbocycles. The lowest BCUT2D eigenvalue weighted by Gasteiger charge is -2.31. The van der Waals surface area contributed by atoms with Gasteiger partial charge in [-0.2, -0.15) is 4.31 Å². The number of nitrogens with zero attached hydrogens (tertiary/aromatic N) is 1. The van der Waals surface area contributed by atoms with Gasteiger partial charge in [0, 0.05) is 17.5 Å². The number of carbonyl (C=O) groups is 1. The van der Waals surface area contributed by atoms with Crippen LogP contribution in [-0.4, -0.2) is 30.9 Å². The maximum Gasteiger partial charge on any atom is 0.245 e. The Labute approximate surface area is 127 Å². The summed E-state index contributed by atoms with van der Waals surface area (Å²) in [6.07, 6.45) is 0. The van der Waals surface area contributed by atoms with Crippen LogP contribution < -0.4 is 0 Å². The Morgan fingerprint density at radius 1 is 1.05 bits per heavy atom. The van der Waals surface area contributed by atoms with Gasteiger partial charge in [-0.1, -0.05) is 54.2 Å². The van der Waals surface area contributed by atoms with Crippen LogP contribution in [0.1, 0.15) is 10.4 Å². The molecular weight excluding hydrogens is 306 g/mol. The molecule has 2 aromatic rings. The lowest BCUT2D eigenvalue weighted by atomic mass is 10.1. The number of rotatable bonds is 2. The molecule has 0 N–H and O–H groups in total. The van der Waals surface area contributed by atoms with E-state index in [1.165, 1.54) is 18.8 Å². The van der Waals surface area contributed by atoms with E-state index in [1.54, 1.807) is 48.5 Å². The molecule has 108 valence electrons. The van der Waals surface area contributed by atoms with Gasteiger partial charge in [-0.25, -0.2) is 8.42 Å². The van der Waals surface area contributed by atoms with Crippen molar-refractivity contribution < 1.29 is 13.2 Å². The average molecular weight is 319 g/mol. The molecule has 1 unspecified atom stereocenters. The van der Waals surface area contributed by atoms with Gasteiger partial charge in [0.1, 0.15) is 5.37 Å². The molecule has 0 spiro atoms. The third-order valence-electron chi connectivity index (χ3n) is 3.36. The molecule has 1 aliphatic rings. The van der Waals surface area contributed by atoms with E-state index in [9.17, 15) is 13.2 Å². The minimum atomic E-state index is -3.63. The quantitative estimate of drug-likeness (QED) is 0.799. The fraction of sp³-hybridized carbons (Fsp3) is 0.133. The number of benzene rings is 2. The van der Waals surface area contributed by atoms with Crippen LogP contribution in [0.15, 0.2) is 64.4 Å². The lowest BCUT2D eigenvalue weighted by Crippen LogP contribution is -2.42. The highest BCUT2D eigenvalue weighted by atomic mass is 32.2. The van der Waals surface area contributed by atoms with E-state index in [-0.39, 0.29) is 10.7 Å². The maximum atomic E-state index is 12.6. The smallest absolute Gasteiger partial charge is 0.245 e. The van der Waals surface area contributed by atoms with Gasteiger partial charge < -0.3 is 0 Å². The SMILES string of the molecule is CN1C(C(=O)c2ccccc2)Sc2ccccc2S1(=O)=O. The first-order valence-corrected chi connectivity index (χ1v) is 8.67. The lowest BCUT2D eigenvalue weighted by molar-refractivity contribution is 0.0955. The van der Waals surface area contributed by atoms with Gasteiger partial charge in [0.25, 0.3) is 0 Å². The Bertz CT molecular complexity index is 788. The van der Waals surface area contributed by atoms with Crippen molar-refractivity contribution in [1.82, 2.24) is 4.31 Å². The number of carbonyl (C=O) groups excluding carboxylic acids is 1. The van der Waals surface area contributed by atoms with Gasteiger partial charge in [0.15, 0.2) is 5.78 Å². The molecule has 0 aliphatic carbocycles. The Morgan fingerprint density at radius 3 is 2.38 bits per heavy atom. The molecule has 3 rings (SSSR count). The predicted octanol–water partition coefficient (Wildman–Crippen LogP) is 2.62. The van der Waals surface area contributed by atoms with Crippen molar-refractivity contribution in [2.24, 2.45) is 0 Å². The molecule has 4 nitrogen and oxygen atoms in total. The summed E-state index contributed by atoms with van der Waals surface area (Å²) in [6, 6.07) is 15.5. The first-order valence-electron chi connectivity index (χ1n) is 6.35. The second-order valence-electron chi connectivity index (χ2n) is 4.67. The molecular formula is C15H13NO3S2. The second-order valence-corrected chi connectivity index (χ2v) is 7.76. The molecule has 21 heavy (non-hydrogen) atoms. The van der Waals surface area contributed by atoms with Gasteiger partial charge in [-0.15, -0.1) is 0 Å². The zero-order chi connectivity index (χ0) is 15.0. The van der Waals surface area contributed by atoms with Crippen LogP contribution in [-0.2, 0) is 10.0 Å². The molecule has 0 aromatic heterocycles. The number of hydrogen-bond acceptors (Lipinski definition) is 4. The number of ketones is 1. The van der Waals surface area contributed by atoms with E-state index in [1.807, 2.05) is 6.07 Å². The van der Waals surface area contributed by atoms with Crippen molar-refractivity contribution in [3.63, 3.8) is 0 Å². The van der Waals surface area contributed by atoms with Crippen molar-refractivity contribution in [3.05, 3.63) is 60.2 Å². The molecule has 1 heterocycles. The molecule has 1 atom stereocenters. The number of fused-ring (bicyclic) bond motifs is 1. The van der Waals surface area contributed by atoms with E-state index in [0.29, 0.717) is 10.5 Å². The van der Waals surface area contributed by atoms with Crippen LogP contribution in [0.2, 0.25) is 0 Å². The molecule has 0 bridgehead atoms. The van der Waals surface area contributed by atoms with Gasteiger partial charge >= 0.3 is 0 Å². The highest BCUT2D eigenvalue weighted by Gasteiger charge is 2.40. The van der Waals surface area contributed by atoms with Gasteiger partial charge in [-0.05, 0) is 12.1 Å². The van der Waals surface area contributed by atoms with Crippen LogP contribution in [0.25, 0.3) is 0 Å². The Kier molecular flexibility index (Phi) is 3.61. The van der Waals surface area contributed by atoms with E-state index in [4.69, 9.17) is 0 Å². The van der Waals surface area contributed by atoms with E-state index in [2.05, 4.69) is 0 Å².